The van der Waals surface area contributed by atoms with E-state index in [1.54, 1.807) is 42.5 Å². The van der Waals surface area contributed by atoms with E-state index in [1.807, 2.05) is 0 Å². The average Bonchev–Trinajstić information content (AvgIpc) is 2.49. The van der Waals surface area contributed by atoms with Gasteiger partial charge in [0.15, 0.2) is 0 Å². The third kappa shape index (κ3) is 3.52. The first-order chi connectivity index (χ1) is 11.0. The quantitative estimate of drug-likeness (QED) is 0.790. The van der Waals surface area contributed by atoms with Crippen LogP contribution in [0.25, 0.3) is 10.9 Å². The largest absolute Gasteiger partial charge is 0.324 e. The number of hydrogen-bond donors (Lipinski definition) is 1. The molecule has 0 saturated carbocycles. The zero-order chi connectivity index (χ0) is 16.4. The maximum Gasteiger partial charge on any atom is 0.261 e. The van der Waals surface area contributed by atoms with Crippen LogP contribution in [0.1, 0.15) is 0 Å². The molecule has 116 valence electrons. The molecule has 0 aliphatic heterocycles. The molecular weight excluding hydrogens is 337 g/mol. The minimum Gasteiger partial charge on any atom is -0.324 e. The highest BCUT2D eigenvalue weighted by Crippen LogP contribution is 2.22. The van der Waals surface area contributed by atoms with Gasteiger partial charge in [0, 0.05) is 15.7 Å². The van der Waals surface area contributed by atoms with Crippen molar-refractivity contribution in [2.45, 2.75) is 6.54 Å². The Morgan fingerprint density at radius 3 is 2.57 bits per heavy atom. The maximum absolute atomic E-state index is 12.3. The smallest absolute Gasteiger partial charge is 0.261 e. The van der Waals surface area contributed by atoms with Gasteiger partial charge in [-0.1, -0.05) is 35.3 Å². The number of carbonyl (C=O) groups excluding carboxylic acids is 1. The van der Waals surface area contributed by atoms with Gasteiger partial charge in [0.25, 0.3) is 5.56 Å². The molecule has 23 heavy (non-hydrogen) atoms. The summed E-state index contributed by atoms with van der Waals surface area (Å²) in [4.78, 5) is 28.6. The van der Waals surface area contributed by atoms with E-state index in [-0.39, 0.29) is 18.0 Å². The first-order valence-corrected chi connectivity index (χ1v) is 7.48. The van der Waals surface area contributed by atoms with Crippen LogP contribution in [-0.4, -0.2) is 15.5 Å². The van der Waals surface area contributed by atoms with E-state index in [9.17, 15) is 9.59 Å². The molecule has 3 aromatic rings. The SMILES string of the molecule is O=C(Cn1cnc2ccccc2c1=O)Nc1cc(Cl)cc(Cl)c1. The fourth-order valence-corrected chi connectivity index (χ4v) is 2.73. The second-order valence-electron chi connectivity index (χ2n) is 4.90. The predicted molar refractivity (Wildman–Crippen MR) is 91.1 cm³/mol. The van der Waals surface area contributed by atoms with E-state index >= 15 is 0 Å². The second-order valence-corrected chi connectivity index (χ2v) is 5.77. The van der Waals surface area contributed by atoms with Crippen LogP contribution in [0.4, 0.5) is 5.69 Å². The Morgan fingerprint density at radius 1 is 1.13 bits per heavy atom. The van der Waals surface area contributed by atoms with Crippen molar-refractivity contribution in [3.05, 3.63) is 69.2 Å². The first-order valence-electron chi connectivity index (χ1n) is 6.73. The molecule has 7 heteroatoms. The maximum atomic E-state index is 12.3. The van der Waals surface area contributed by atoms with E-state index in [1.165, 1.54) is 10.9 Å². The summed E-state index contributed by atoms with van der Waals surface area (Å²) >= 11 is 11.8. The molecule has 1 heterocycles. The fourth-order valence-electron chi connectivity index (χ4n) is 2.20. The minimum atomic E-state index is -0.373. The summed E-state index contributed by atoms with van der Waals surface area (Å²) < 4.78 is 1.25. The van der Waals surface area contributed by atoms with Gasteiger partial charge in [-0.25, -0.2) is 4.98 Å². The Bertz CT molecular complexity index is 933. The monoisotopic (exact) mass is 347 g/mol. The Labute approximate surface area is 141 Å². The lowest BCUT2D eigenvalue weighted by molar-refractivity contribution is -0.116. The van der Waals surface area contributed by atoms with Crippen LogP contribution >= 0.6 is 23.2 Å². The van der Waals surface area contributed by atoms with Gasteiger partial charge in [-0.2, -0.15) is 0 Å². The van der Waals surface area contributed by atoms with Gasteiger partial charge in [0.2, 0.25) is 5.91 Å². The molecule has 1 aromatic heterocycles. The summed E-state index contributed by atoms with van der Waals surface area (Å²) in [5.74, 6) is -0.373. The highest BCUT2D eigenvalue weighted by molar-refractivity contribution is 6.35. The molecule has 0 bridgehead atoms. The van der Waals surface area contributed by atoms with Crippen molar-refractivity contribution in [1.29, 1.82) is 0 Å². The van der Waals surface area contributed by atoms with Crippen molar-refractivity contribution in [3.8, 4) is 0 Å². The predicted octanol–water partition coefficient (Wildman–Crippen LogP) is 3.34. The molecule has 0 radical (unpaired) electrons. The highest BCUT2D eigenvalue weighted by Gasteiger charge is 2.09. The molecule has 0 aliphatic rings. The van der Waals surface area contributed by atoms with Crippen molar-refractivity contribution in [3.63, 3.8) is 0 Å². The van der Waals surface area contributed by atoms with E-state index in [4.69, 9.17) is 23.2 Å². The zero-order valence-corrected chi connectivity index (χ0v) is 13.3. The molecule has 1 amide bonds. The van der Waals surface area contributed by atoms with Crippen molar-refractivity contribution in [2.24, 2.45) is 0 Å². The number of para-hydroxylation sites is 1. The molecule has 0 saturated heterocycles. The molecule has 0 atom stereocenters. The Hall–Kier alpha value is -2.37. The number of anilines is 1. The molecule has 2 aromatic carbocycles. The van der Waals surface area contributed by atoms with Gasteiger partial charge in [0.05, 0.1) is 17.2 Å². The number of nitrogens with one attached hydrogen (secondary N) is 1. The number of halogens is 2. The summed E-state index contributed by atoms with van der Waals surface area (Å²) in [6.45, 7) is -0.152. The van der Waals surface area contributed by atoms with Gasteiger partial charge in [0.1, 0.15) is 6.54 Å². The van der Waals surface area contributed by atoms with Gasteiger partial charge in [-0.05, 0) is 30.3 Å². The molecule has 3 rings (SSSR count). The number of nitrogens with zero attached hydrogens (tertiary/aromatic N) is 2. The van der Waals surface area contributed by atoms with Crippen molar-refractivity contribution in [2.75, 3.05) is 5.32 Å². The molecule has 0 unspecified atom stereocenters. The zero-order valence-electron chi connectivity index (χ0n) is 11.8. The van der Waals surface area contributed by atoms with Crippen LogP contribution in [0.15, 0.2) is 53.6 Å². The number of hydrogen-bond acceptors (Lipinski definition) is 3. The van der Waals surface area contributed by atoms with E-state index in [0.717, 1.165) is 0 Å². The topological polar surface area (TPSA) is 64.0 Å². The van der Waals surface area contributed by atoms with E-state index in [0.29, 0.717) is 26.6 Å². The van der Waals surface area contributed by atoms with Crippen LogP contribution in [0, 0.1) is 0 Å². The van der Waals surface area contributed by atoms with Crippen molar-refractivity contribution in [1.82, 2.24) is 9.55 Å². The number of fused-ring (bicyclic) bond motifs is 1. The third-order valence-electron chi connectivity index (χ3n) is 3.19. The van der Waals surface area contributed by atoms with Crippen LogP contribution in [0.5, 0.6) is 0 Å². The molecule has 0 fully saturated rings. The number of carbonyl (C=O) groups is 1. The number of aromatic nitrogens is 2. The Kier molecular flexibility index (Phi) is 4.32. The van der Waals surface area contributed by atoms with Gasteiger partial charge in [-0.15, -0.1) is 0 Å². The standard InChI is InChI=1S/C16H11Cl2N3O2/c17-10-5-11(18)7-12(6-10)20-15(22)8-21-9-19-14-4-2-1-3-13(14)16(21)23/h1-7,9H,8H2,(H,20,22). The number of benzene rings is 2. The van der Waals surface area contributed by atoms with Crippen LogP contribution in [-0.2, 0) is 11.3 Å². The Morgan fingerprint density at radius 2 is 1.83 bits per heavy atom. The average molecular weight is 348 g/mol. The van der Waals surface area contributed by atoms with E-state index in [2.05, 4.69) is 10.3 Å². The van der Waals surface area contributed by atoms with Crippen LogP contribution < -0.4 is 10.9 Å². The van der Waals surface area contributed by atoms with Gasteiger partial charge < -0.3 is 5.32 Å². The lowest BCUT2D eigenvalue weighted by Crippen LogP contribution is -2.27. The first kappa shape index (κ1) is 15.5. The summed E-state index contributed by atoms with van der Waals surface area (Å²) in [6, 6.07) is 11.7. The highest BCUT2D eigenvalue weighted by atomic mass is 35.5. The van der Waals surface area contributed by atoms with Gasteiger partial charge >= 0.3 is 0 Å². The summed E-state index contributed by atoms with van der Waals surface area (Å²) in [6.07, 6.45) is 1.36. The molecule has 5 nitrogen and oxygen atoms in total. The minimum absolute atomic E-state index is 0.152. The number of rotatable bonds is 3. The van der Waals surface area contributed by atoms with Crippen LogP contribution in [0.3, 0.4) is 0 Å². The fraction of sp³-hybridized carbons (Fsp3) is 0.0625. The second kappa shape index (κ2) is 6.40. The lowest BCUT2D eigenvalue weighted by atomic mass is 10.2. The number of amides is 1. The molecule has 1 N–H and O–H groups in total. The summed E-state index contributed by atoms with van der Waals surface area (Å²) in [5, 5.41) is 3.95. The lowest BCUT2D eigenvalue weighted by Gasteiger charge is -2.08. The van der Waals surface area contributed by atoms with E-state index < -0.39 is 0 Å². The normalized spacial score (nSPS) is 10.7. The Balaban J connectivity index is 1.83. The molecule has 0 aliphatic carbocycles. The molecule has 0 spiro atoms. The summed E-state index contributed by atoms with van der Waals surface area (Å²) in [5.41, 5.74) is 0.792. The van der Waals surface area contributed by atoms with Crippen LogP contribution in [0.2, 0.25) is 10.0 Å². The van der Waals surface area contributed by atoms with Crippen molar-refractivity contribution < 1.29 is 4.79 Å². The van der Waals surface area contributed by atoms with Crippen molar-refractivity contribution >= 4 is 45.7 Å². The summed E-state index contributed by atoms with van der Waals surface area (Å²) in [7, 11) is 0. The third-order valence-corrected chi connectivity index (χ3v) is 3.63. The molecular formula is C16H11Cl2N3O2. The van der Waals surface area contributed by atoms with Gasteiger partial charge in [-0.3, -0.25) is 14.2 Å².